The Morgan fingerprint density at radius 3 is 2.47 bits per heavy atom. The summed E-state index contributed by atoms with van der Waals surface area (Å²) in [6.45, 7) is 3.64. The average molecular weight is 253 g/mol. The molecule has 0 aliphatic heterocycles. The van der Waals surface area contributed by atoms with Gasteiger partial charge in [0, 0.05) is 14.1 Å². The van der Waals surface area contributed by atoms with Gasteiger partial charge in [0.05, 0.1) is 11.0 Å². The standard InChI is InChI=1S/C11H15N3O2S/c1-8-5-6-11-10(7-8)12-9(2)14(11)17(15,16)13(3)4/h5-7H,1-4H3. The van der Waals surface area contributed by atoms with Crippen LogP contribution in [0.15, 0.2) is 18.2 Å². The Labute approximate surface area is 101 Å². The SMILES string of the molecule is Cc1ccc2c(c1)nc(C)n2S(=O)(=O)N(C)C. The lowest BCUT2D eigenvalue weighted by Gasteiger charge is -2.14. The van der Waals surface area contributed by atoms with Crippen LogP contribution in [0.2, 0.25) is 0 Å². The van der Waals surface area contributed by atoms with Crippen LogP contribution in [0.5, 0.6) is 0 Å². The maximum Gasteiger partial charge on any atom is 0.308 e. The van der Waals surface area contributed by atoms with Crippen LogP contribution in [-0.2, 0) is 10.2 Å². The molecule has 17 heavy (non-hydrogen) atoms. The van der Waals surface area contributed by atoms with E-state index < -0.39 is 10.2 Å². The molecule has 0 atom stereocenters. The summed E-state index contributed by atoms with van der Waals surface area (Å²) in [5.74, 6) is 0.472. The average Bonchev–Trinajstić information content (AvgIpc) is 2.53. The second-order valence-electron chi connectivity index (χ2n) is 4.21. The predicted molar refractivity (Wildman–Crippen MR) is 67.2 cm³/mol. The van der Waals surface area contributed by atoms with Crippen molar-refractivity contribution in [3.05, 3.63) is 29.6 Å². The van der Waals surface area contributed by atoms with Crippen molar-refractivity contribution in [2.45, 2.75) is 13.8 Å². The van der Waals surface area contributed by atoms with E-state index in [1.54, 1.807) is 13.0 Å². The Morgan fingerprint density at radius 1 is 1.24 bits per heavy atom. The molecule has 5 nitrogen and oxygen atoms in total. The van der Waals surface area contributed by atoms with Crippen LogP contribution in [0.1, 0.15) is 11.4 Å². The molecule has 0 aliphatic carbocycles. The topological polar surface area (TPSA) is 55.2 Å². The highest BCUT2D eigenvalue weighted by Crippen LogP contribution is 2.20. The van der Waals surface area contributed by atoms with Gasteiger partial charge >= 0.3 is 10.2 Å². The van der Waals surface area contributed by atoms with E-state index in [-0.39, 0.29) is 0 Å². The predicted octanol–water partition coefficient (Wildman–Crippen LogP) is 1.31. The molecular formula is C11H15N3O2S. The number of hydrogen-bond acceptors (Lipinski definition) is 3. The molecule has 0 fully saturated rings. The smallest absolute Gasteiger partial charge is 0.232 e. The minimum atomic E-state index is -3.52. The van der Waals surface area contributed by atoms with Gasteiger partial charge in [0.1, 0.15) is 5.82 Å². The summed E-state index contributed by atoms with van der Waals surface area (Å²) in [4.78, 5) is 4.28. The second kappa shape index (κ2) is 3.82. The molecule has 0 bridgehead atoms. The highest BCUT2D eigenvalue weighted by molar-refractivity contribution is 7.87. The number of aromatic nitrogens is 2. The second-order valence-corrected chi connectivity index (χ2v) is 6.20. The summed E-state index contributed by atoms with van der Waals surface area (Å²) in [6, 6.07) is 5.54. The lowest BCUT2D eigenvalue weighted by Crippen LogP contribution is -2.29. The molecule has 1 aromatic heterocycles. The van der Waals surface area contributed by atoms with E-state index in [2.05, 4.69) is 4.98 Å². The molecule has 1 heterocycles. The van der Waals surface area contributed by atoms with Gasteiger partial charge in [-0.15, -0.1) is 0 Å². The van der Waals surface area contributed by atoms with E-state index in [1.165, 1.54) is 22.4 Å². The number of rotatable bonds is 2. The van der Waals surface area contributed by atoms with Gasteiger partial charge in [0.15, 0.2) is 0 Å². The summed E-state index contributed by atoms with van der Waals surface area (Å²) >= 11 is 0. The van der Waals surface area contributed by atoms with Gasteiger partial charge in [-0.1, -0.05) is 6.07 Å². The summed E-state index contributed by atoms with van der Waals surface area (Å²) < 4.78 is 26.8. The maximum absolute atomic E-state index is 12.2. The van der Waals surface area contributed by atoms with Gasteiger partial charge < -0.3 is 0 Å². The Hall–Kier alpha value is -1.40. The van der Waals surface area contributed by atoms with Crippen molar-refractivity contribution >= 4 is 21.2 Å². The Balaban J connectivity index is 2.83. The van der Waals surface area contributed by atoms with Crippen molar-refractivity contribution in [1.82, 2.24) is 13.3 Å². The molecule has 0 amide bonds. The minimum Gasteiger partial charge on any atom is -0.232 e. The molecule has 0 unspecified atom stereocenters. The van der Waals surface area contributed by atoms with Gasteiger partial charge in [-0.05, 0) is 31.5 Å². The third-order valence-corrected chi connectivity index (χ3v) is 4.46. The van der Waals surface area contributed by atoms with Gasteiger partial charge in [-0.2, -0.15) is 12.7 Å². The normalized spacial score (nSPS) is 12.5. The first-order chi connectivity index (χ1) is 7.84. The molecule has 0 aliphatic rings. The molecule has 0 saturated carbocycles. The van der Waals surface area contributed by atoms with E-state index in [4.69, 9.17) is 0 Å². The first-order valence-corrected chi connectivity index (χ1v) is 6.62. The zero-order valence-electron chi connectivity index (χ0n) is 10.3. The van der Waals surface area contributed by atoms with Crippen molar-refractivity contribution in [3.8, 4) is 0 Å². The molecule has 1 aromatic carbocycles. The van der Waals surface area contributed by atoms with E-state index >= 15 is 0 Å². The van der Waals surface area contributed by atoms with Gasteiger partial charge in [-0.3, -0.25) is 0 Å². The molecule has 2 aromatic rings. The van der Waals surface area contributed by atoms with Crippen LogP contribution in [0.3, 0.4) is 0 Å². The van der Waals surface area contributed by atoms with Crippen molar-refractivity contribution in [2.24, 2.45) is 0 Å². The monoisotopic (exact) mass is 253 g/mol. The molecule has 0 N–H and O–H groups in total. The fraction of sp³-hybridized carbons (Fsp3) is 0.364. The number of fused-ring (bicyclic) bond motifs is 1. The van der Waals surface area contributed by atoms with E-state index in [0.29, 0.717) is 16.9 Å². The van der Waals surface area contributed by atoms with Crippen LogP contribution in [0.4, 0.5) is 0 Å². The summed E-state index contributed by atoms with van der Waals surface area (Å²) in [7, 11) is -0.499. The highest BCUT2D eigenvalue weighted by atomic mass is 32.2. The number of hydrogen-bond donors (Lipinski definition) is 0. The molecule has 2 rings (SSSR count). The highest BCUT2D eigenvalue weighted by Gasteiger charge is 2.21. The van der Waals surface area contributed by atoms with E-state index in [9.17, 15) is 8.42 Å². The largest absolute Gasteiger partial charge is 0.308 e. The first kappa shape index (κ1) is 12.1. The third-order valence-electron chi connectivity index (χ3n) is 2.62. The number of imidazole rings is 1. The third kappa shape index (κ3) is 1.83. The van der Waals surface area contributed by atoms with Crippen LogP contribution < -0.4 is 0 Å². The molecule has 6 heteroatoms. The van der Waals surface area contributed by atoms with Crippen LogP contribution >= 0.6 is 0 Å². The van der Waals surface area contributed by atoms with Crippen molar-refractivity contribution in [1.29, 1.82) is 0 Å². The fourth-order valence-corrected chi connectivity index (χ4v) is 2.85. The summed E-state index contributed by atoms with van der Waals surface area (Å²) in [6.07, 6.45) is 0. The lowest BCUT2D eigenvalue weighted by molar-refractivity contribution is 0.511. The van der Waals surface area contributed by atoms with Crippen molar-refractivity contribution < 1.29 is 8.42 Å². The number of aryl methyl sites for hydroxylation is 2. The Bertz CT molecular complexity index is 671. The van der Waals surface area contributed by atoms with Crippen LogP contribution in [0.25, 0.3) is 11.0 Å². The molecule has 0 radical (unpaired) electrons. The fourth-order valence-electron chi connectivity index (χ4n) is 1.74. The summed E-state index contributed by atoms with van der Waals surface area (Å²) in [5, 5.41) is 0. The van der Waals surface area contributed by atoms with Crippen molar-refractivity contribution in [2.75, 3.05) is 14.1 Å². The van der Waals surface area contributed by atoms with Crippen LogP contribution in [-0.4, -0.2) is 35.8 Å². The molecular weight excluding hydrogens is 238 g/mol. The zero-order valence-corrected chi connectivity index (χ0v) is 11.1. The van der Waals surface area contributed by atoms with Crippen LogP contribution in [0, 0.1) is 13.8 Å². The zero-order chi connectivity index (χ0) is 12.8. The maximum atomic E-state index is 12.2. The first-order valence-electron chi connectivity index (χ1n) is 5.23. The Morgan fingerprint density at radius 2 is 1.88 bits per heavy atom. The van der Waals surface area contributed by atoms with Gasteiger partial charge in [0.2, 0.25) is 0 Å². The van der Waals surface area contributed by atoms with E-state index in [0.717, 1.165) is 5.56 Å². The summed E-state index contributed by atoms with van der Waals surface area (Å²) in [5.41, 5.74) is 2.37. The van der Waals surface area contributed by atoms with Gasteiger partial charge in [0.25, 0.3) is 0 Å². The quantitative estimate of drug-likeness (QED) is 0.810. The number of benzene rings is 1. The number of nitrogens with zero attached hydrogens (tertiary/aromatic N) is 3. The van der Waals surface area contributed by atoms with Crippen molar-refractivity contribution in [3.63, 3.8) is 0 Å². The molecule has 0 spiro atoms. The molecule has 92 valence electrons. The molecule has 0 saturated heterocycles. The van der Waals surface area contributed by atoms with E-state index in [1.807, 2.05) is 19.1 Å². The Kier molecular flexibility index (Phi) is 2.71. The minimum absolute atomic E-state index is 0.472. The van der Waals surface area contributed by atoms with Gasteiger partial charge in [-0.25, -0.2) is 8.96 Å². The lowest BCUT2D eigenvalue weighted by atomic mass is 10.2.